The standard InChI is InChI=1S/C26H35N5O5/c1-15(2)27-13-19-21(32)9-16(3)10-22(19)35-14-24(33)28-23-12-20(30-31-23)17-5-6-18(11-17)36-25(34)29-26(4)7-8-26/h9-10,12-13,15,17-18,32H,5-8,11,14H2,1-4H3,(H,29,34)(H2,28,30,31,33)/b27-13+/t17-,18+/m0/s1. The van der Waals surface area contributed by atoms with Crippen molar-refractivity contribution in [3.8, 4) is 11.5 Å². The largest absolute Gasteiger partial charge is 0.507 e. The molecule has 194 valence electrons. The second-order valence-corrected chi connectivity index (χ2v) is 10.3. The van der Waals surface area contributed by atoms with Gasteiger partial charge >= 0.3 is 6.09 Å². The number of H-pyrrole nitrogens is 1. The molecule has 0 bridgehead atoms. The van der Waals surface area contributed by atoms with Crippen molar-refractivity contribution >= 4 is 24.0 Å². The third-order valence-electron chi connectivity index (χ3n) is 6.49. The summed E-state index contributed by atoms with van der Waals surface area (Å²) in [6.45, 7) is 7.46. The number of aromatic hydroxyl groups is 1. The second-order valence-electron chi connectivity index (χ2n) is 10.3. The molecule has 36 heavy (non-hydrogen) atoms. The number of amides is 2. The number of aryl methyl sites for hydroxylation is 1. The fourth-order valence-electron chi connectivity index (χ4n) is 4.22. The van der Waals surface area contributed by atoms with Crippen LogP contribution in [0.3, 0.4) is 0 Å². The molecule has 0 aliphatic heterocycles. The molecule has 1 heterocycles. The molecule has 2 aromatic rings. The molecule has 2 aliphatic rings. The van der Waals surface area contributed by atoms with Gasteiger partial charge in [-0.15, -0.1) is 0 Å². The van der Waals surface area contributed by atoms with E-state index in [4.69, 9.17) is 9.47 Å². The summed E-state index contributed by atoms with van der Waals surface area (Å²) in [5.74, 6) is 0.623. The first kappa shape index (κ1) is 25.5. The van der Waals surface area contributed by atoms with Crippen LogP contribution >= 0.6 is 0 Å². The molecule has 10 heteroatoms. The Bertz CT molecular complexity index is 1140. The van der Waals surface area contributed by atoms with E-state index in [-0.39, 0.29) is 48.0 Å². The molecule has 10 nitrogen and oxygen atoms in total. The van der Waals surface area contributed by atoms with Crippen LogP contribution in [0.2, 0.25) is 0 Å². The van der Waals surface area contributed by atoms with Gasteiger partial charge in [0.05, 0.1) is 5.56 Å². The number of alkyl carbamates (subject to hydrolysis) is 1. The van der Waals surface area contributed by atoms with E-state index in [2.05, 4.69) is 25.8 Å². The summed E-state index contributed by atoms with van der Waals surface area (Å²) in [6, 6.07) is 5.24. The molecule has 1 aromatic carbocycles. The minimum atomic E-state index is -0.376. The Labute approximate surface area is 210 Å². The van der Waals surface area contributed by atoms with E-state index < -0.39 is 0 Å². The van der Waals surface area contributed by atoms with Gasteiger partial charge in [-0.1, -0.05) is 0 Å². The van der Waals surface area contributed by atoms with Crippen LogP contribution in [-0.2, 0) is 9.53 Å². The first-order valence-electron chi connectivity index (χ1n) is 12.4. The van der Waals surface area contributed by atoms with E-state index >= 15 is 0 Å². The van der Waals surface area contributed by atoms with Crippen LogP contribution in [0.4, 0.5) is 10.6 Å². The Morgan fingerprint density at radius 2 is 2.08 bits per heavy atom. The predicted octanol–water partition coefficient (Wildman–Crippen LogP) is 4.18. The van der Waals surface area contributed by atoms with Crippen molar-refractivity contribution in [3.05, 3.63) is 35.0 Å². The van der Waals surface area contributed by atoms with Gasteiger partial charge in [0.25, 0.3) is 5.91 Å². The van der Waals surface area contributed by atoms with E-state index in [1.165, 1.54) is 0 Å². The Morgan fingerprint density at radius 3 is 2.81 bits per heavy atom. The van der Waals surface area contributed by atoms with Crippen molar-refractivity contribution in [1.82, 2.24) is 15.5 Å². The van der Waals surface area contributed by atoms with Crippen LogP contribution < -0.4 is 15.4 Å². The topological polar surface area (TPSA) is 138 Å². The van der Waals surface area contributed by atoms with Gasteiger partial charge in [-0.25, -0.2) is 4.79 Å². The van der Waals surface area contributed by atoms with Crippen LogP contribution in [0.15, 0.2) is 23.2 Å². The van der Waals surface area contributed by atoms with Gasteiger partial charge in [0.2, 0.25) is 0 Å². The summed E-state index contributed by atoms with van der Waals surface area (Å²) in [5.41, 5.74) is 2.03. The smallest absolute Gasteiger partial charge is 0.407 e. The molecule has 2 atom stereocenters. The van der Waals surface area contributed by atoms with Gasteiger partial charge in [0.15, 0.2) is 12.4 Å². The number of phenols is 1. The van der Waals surface area contributed by atoms with Crippen molar-refractivity contribution in [1.29, 1.82) is 0 Å². The number of aromatic nitrogens is 2. The quantitative estimate of drug-likeness (QED) is 0.384. The van der Waals surface area contributed by atoms with Crippen molar-refractivity contribution < 1.29 is 24.2 Å². The zero-order chi connectivity index (χ0) is 25.9. The first-order valence-corrected chi connectivity index (χ1v) is 12.4. The number of aromatic amines is 1. The van der Waals surface area contributed by atoms with Crippen molar-refractivity contribution in [2.75, 3.05) is 11.9 Å². The molecule has 0 spiro atoms. The lowest BCUT2D eigenvalue weighted by molar-refractivity contribution is -0.118. The van der Waals surface area contributed by atoms with E-state index in [1.807, 2.05) is 27.7 Å². The number of aliphatic imine (C=N–C) groups is 1. The predicted molar refractivity (Wildman–Crippen MR) is 136 cm³/mol. The maximum Gasteiger partial charge on any atom is 0.407 e. The molecular formula is C26H35N5O5. The number of hydrogen-bond donors (Lipinski definition) is 4. The number of nitrogens with zero attached hydrogens (tertiary/aromatic N) is 2. The molecule has 2 aliphatic carbocycles. The first-order chi connectivity index (χ1) is 17.1. The molecular weight excluding hydrogens is 462 g/mol. The Hall–Kier alpha value is -3.56. The fraction of sp³-hybridized carbons (Fsp3) is 0.538. The third kappa shape index (κ3) is 6.77. The van der Waals surface area contributed by atoms with Gasteiger partial charge in [-0.3, -0.25) is 14.9 Å². The summed E-state index contributed by atoms with van der Waals surface area (Å²) in [4.78, 5) is 28.9. The van der Waals surface area contributed by atoms with Crippen LogP contribution in [-0.4, -0.2) is 57.8 Å². The molecule has 0 unspecified atom stereocenters. The Kier molecular flexibility index (Phi) is 7.51. The van der Waals surface area contributed by atoms with E-state index in [0.29, 0.717) is 23.6 Å². The number of anilines is 1. The monoisotopic (exact) mass is 497 g/mol. The molecule has 0 saturated heterocycles. The number of ether oxygens (including phenoxy) is 2. The highest BCUT2D eigenvalue weighted by molar-refractivity contribution is 5.92. The van der Waals surface area contributed by atoms with Gasteiger partial charge in [0, 0.05) is 35.5 Å². The number of carbonyl (C=O) groups is 2. The average molecular weight is 498 g/mol. The van der Waals surface area contributed by atoms with E-state index in [9.17, 15) is 14.7 Å². The van der Waals surface area contributed by atoms with Crippen molar-refractivity contribution in [2.45, 2.75) is 83.4 Å². The number of nitrogens with one attached hydrogen (secondary N) is 3. The molecule has 2 amide bonds. The fourth-order valence-corrected chi connectivity index (χ4v) is 4.22. The zero-order valence-corrected chi connectivity index (χ0v) is 21.3. The highest BCUT2D eigenvalue weighted by atomic mass is 16.6. The lowest BCUT2D eigenvalue weighted by atomic mass is 10.0. The van der Waals surface area contributed by atoms with Crippen LogP contribution in [0.1, 0.15) is 75.6 Å². The number of hydrogen-bond acceptors (Lipinski definition) is 7. The Morgan fingerprint density at radius 1 is 1.31 bits per heavy atom. The van der Waals surface area contributed by atoms with Gasteiger partial charge in [0.1, 0.15) is 17.6 Å². The maximum absolute atomic E-state index is 12.5. The maximum atomic E-state index is 12.5. The van der Waals surface area contributed by atoms with E-state index in [0.717, 1.165) is 36.9 Å². The van der Waals surface area contributed by atoms with Crippen molar-refractivity contribution in [2.24, 2.45) is 4.99 Å². The number of phenolic OH excluding ortho intramolecular Hbond substituents is 1. The molecule has 2 saturated carbocycles. The third-order valence-corrected chi connectivity index (χ3v) is 6.49. The lowest BCUT2D eigenvalue weighted by Gasteiger charge is -2.16. The zero-order valence-electron chi connectivity index (χ0n) is 21.3. The number of benzene rings is 1. The van der Waals surface area contributed by atoms with Gasteiger partial charge in [-0.2, -0.15) is 5.10 Å². The minimum Gasteiger partial charge on any atom is -0.507 e. The molecule has 4 N–H and O–H groups in total. The van der Waals surface area contributed by atoms with Crippen LogP contribution in [0.25, 0.3) is 0 Å². The average Bonchev–Trinajstić information content (AvgIpc) is 3.16. The summed E-state index contributed by atoms with van der Waals surface area (Å²) in [6.07, 6.45) is 5.42. The summed E-state index contributed by atoms with van der Waals surface area (Å²) in [7, 11) is 0. The SMILES string of the molecule is Cc1cc(O)c(/C=N/C(C)C)c(OCC(=O)Nc2cc([C@H]3CC[C@@H](OC(=O)NC4(C)CC4)C3)[nH]n2)c1. The summed E-state index contributed by atoms with van der Waals surface area (Å²) < 4.78 is 11.3. The lowest BCUT2D eigenvalue weighted by Crippen LogP contribution is -2.36. The van der Waals surface area contributed by atoms with Gasteiger partial charge < -0.3 is 25.2 Å². The summed E-state index contributed by atoms with van der Waals surface area (Å²) >= 11 is 0. The Balaban J connectivity index is 1.28. The highest BCUT2D eigenvalue weighted by Crippen LogP contribution is 2.37. The molecule has 2 fully saturated rings. The normalized spacial score (nSPS) is 20.5. The molecule has 0 radical (unpaired) electrons. The van der Waals surface area contributed by atoms with Crippen LogP contribution in [0, 0.1) is 6.92 Å². The number of rotatable bonds is 9. The van der Waals surface area contributed by atoms with Crippen LogP contribution in [0.5, 0.6) is 11.5 Å². The molecule has 4 rings (SSSR count). The summed E-state index contributed by atoms with van der Waals surface area (Å²) in [5, 5.41) is 23.1. The highest BCUT2D eigenvalue weighted by Gasteiger charge is 2.40. The minimum absolute atomic E-state index is 0.0461. The molecule has 1 aromatic heterocycles. The van der Waals surface area contributed by atoms with E-state index in [1.54, 1.807) is 24.4 Å². The van der Waals surface area contributed by atoms with Crippen molar-refractivity contribution in [3.63, 3.8) is 0 Å². The van der Waals surface area contributed by atoms with Gasteiger partial charge in [-0.05, 0) is 77.5 Å². The second kappa shape index (κ2) is 10.6. The number of carbonyl (C=O) groups excluding carboxylic acids is 2.